The molecule has 1 amide bonds. The molecule has 0 radical (unpaired) electrons. The van der Waals surface area contributed by atoms with E-state index in [1.165, 1.54) is 19.1 Å². The van der Waals surface area contributed by atoms with Crippen molar-refractivity contribution in [3.05, 3.63) is 42.3 Å². The first-order valence-corrected chi connectivity index (χ1v) is 9.62. The monoisotopic (exact) mass is 443 g/mol. The van der Waals surface area contributed by atoms with E-state index in [1.807, 2.05) is 0 Å². The number of benzene rings is 2. The lowest BCUT2D eigenvalue weighted by molar-refractivity contribution is -0.132. The molecular weight excluding hydrogens is 418 g/mol. The van der Waals surface area contributed by atoms with Crippen molar-refractivity contribution in [2.75, 3.05) is 42.1 Å². The minimum atomic E-state index is -0.270. The summed E-state index contributed by atoms with van der Waals surface area (Å²) < 4.78 is 31.9. The standard InChI is InChI=1S/C22H25N3O7/c1-25(21(26)13-31-17-9-15(28-3)8-16(10-17)29-4)12-20-23-22(24-32-20)18-7-6-14(27-2)11-19(18)30-5/h6-11H,12-13H2,1-5H3. The number of nitrogens with zero attached hydrogens (tertiary/aromatic N) is 3. The third kappa shape index (κ3) is 5.39. The Bertz CT molecular complexity index is 1050. The van der Waals surface area contributed by atoms with Crippen molar-refractivity contribution in [3.8, 4) is 40.1 Å². The van der Waals surface area contributed by atoms with Crippen molar-refractivity contribution in [2.24, 2.45) is 0 Å². The van der Waals surface area contributed by atoms with Crippen LogP contribution in [0.3, 0.4) is 0 Å². The van der Waals surface area contributed by atoms with Gasteiger partial charge in [-0.25, -0.2) is 0 Å². The Balaban J connectivity index is 1.63. The van der Waals surface area contributed by atoms with Crippen molar-refractivity contribution in [2.45, 2.75) is 6.54 Å². The fourth-order valence-electron chi connectivity index (χ4n) is 2.82. The Labute approximate surface area is 185 Å². The van der Waals surface area contributed by atoms with Gasteiger partial charge in [-0.2, -0.15) is 4.98 Å². The van der Waals surface area contributed by atoms with Gasteiger partial charge in [-0.15, -0.1) is 0 Å². The van der Waals surface area contributed by atoms with Gasteiger partial charge < -0.3 is 33.1 Å². The molecule has 0 atom stereocenters. The lowest BCUT2D eigenvalue weighted by atomic mass is 10.2. The number of rotatable bonds is 10. The average molecular weight is 443 g/mol. The summed E-state index contributed by atoms with van der Waals surface area (Å²) >= 11 is 0. The van der Waals surface area contributed by atoms with Gasteiger partial charge in [0.05, 0.1) is 40.5 Å². The highest BCUT2D eigenvalue weighted by molar-refractivity contribution is 5.77. The Kier molecular flexibility index (Phi) is 7.37. The largest absolute Gasteiger partial charge is 0.497 e. The smallest absolute Gasteiger partial charge is 0.260 e. The van der Waals surface area contributed by atoms with Gasteiger partial charge in [0.15, 0.2) is 6.61 Å². The third-order valence-corrected chi connectivity index (χ3v) is 4.60. The molecule has 0 aliphatic rings. The van der Waals surface area contributed by atoms with E-state index in [4.69, 9.17) is 28.2 Å². The molecule has 0 saturated carbocycles. The molecule has 170 valence electrons. The molecule has 3 aromatic rings. The number of likely N-dealkylation sites (N-methyl/N-ethyl adjacent to an activating group) is 1. The highest BCUT2D eigenvalue weighted by Crippen LogP contribution is 2.31. The molecule has 3 rings (SSSR count). The maximum Gasteiger partial charge on any atom is 0.260 e. The van der Waals surface area contributed by atoms with Gasteiger partial charge in [-0.3, -0.25) is 4.79 Å². The number of carbonyl (C=O) groups excluding carboxylic acids is 1. The van der Waals surface area contributed by atoms with E-state index in [0.717, 1.165) is 0 Å². The molecule has 0 spiro atoms. The Morgan fingerprint density at radius 2 is 1.56 bits per heavy atom. The van der Waals surface area contributed by atoms with Crippen molar-refractivity contribution in [3.63, 3.8) is 0 Å². The van der Waals surface area contributed by atoms with Crippen LogP contribution < -0.4 is 23.7 Å². The highest BCUT2D eigenvalue weighted by atomic mass is 16.5. The minimum absolute atomic E-state index is 0.120. The van der Waals surface area contributed by atoms with E-state index < -0.39 is 0 Å². The van der Waals surface area contributed by atoms with Crippen LogP contribution in [0.25, 0.3) is 11.4 Å². The van der Waals surface area contributed by atoms with E-state index in [0.29, 0.717) is 40.1 Å². The summed E-state index contributed by atoms with van der Waals surface area (Å²) in [4.78, 5) is 18.3. The van der Waals surface area contributed by atoms with Crippen LogP contribution in [-0.4, -0.2) is 63.0 Å². The molecule has 2 aromatic carbocycles. The molecule has 32 heavy (non-hydrogen) atoms. The number of ether oxygens (including phenoxy) is 5. The summed E-state index contributed by atoms with van der Waals surface area (Å²) in [6.07, 6.45) is 0. The summed E-state index contributed by atoms with van der Waals surface area (Å²) in [5, 5.41) is 3.99. The van der Waals surface area contributed by atoms with E-state index >= 15 is 0 Å². The second-order valence-electron chi connectivity index (χ2n) is 6.66. The molecule has 1 aromatic heterocycles. The molecule has 0 saturated heterocycles. The molecule has 0 bridgehead atoms. The van der Waals surface area contributed by atoms with Crippen LogP contribution in [-0.2, 0) is 11.3 Å². The number of aromatic nitrogens is 2. The summed E-state index contributed by atoms with van der Waals surface area (Å²) in [7, 11) is 7.82. The van der Waals surface area contributed by atoms with Crippen molar-refractivity contribution in [1.29, 1.82) is 0 Å². The van der Waals surface area contributed by atoms with Crippen LogP contribution in [0.15, 0.2) is 40.9 Å². The number of carbonyl (C=O) groups is 1. The first-order valence-electron chi connectivity index (χ1n) is 9.62. The number of hydrogen-bond acceptors (Lipinski definition) is 9. The predicted molar refractivity (Wildman–Crippen MR) is 114 cm³/mol. The molecule has 0 unspecified atom stereocenters. The van der Waals surface area contributed by atoms with Crippen LogP contribution in [0.1, 0.15) is 5.89 Å². The molecule has 0 fully saturated rings. The molecule has 10 nitrogen and oxygen atoms in total. The predicted octanol–water partition coefficient (Wildman–Crippen LogP) is 2.81. The first kappa shape index (κ1) is 22.7. The maximum absolute atomic E-state index is 12.5. The van der Waals surface area contributed by atoms with Gasteiger partial charge >= 0.3 is 0 Å². The van der Waals surface area contributed by atoms with Crippen molar-refractivity contribution >= 4 is 5.91 Å². The summed E-state index contributed by atoms with van der Waals surface area (Å²) in [6.45, 7) is -0.0603. The minimum Gasteiger partial charge on any atom is -0.497 e. The molecular formula is C22H25N3O7. The van der Waals surface area contributed by atoms with E-state index in [-0.39, 0.29) is 24.9 Å². The molecule has 0 aliphatic heterocycles. The Hall–Kier alpha value is -3.95. The van der Waals surface area contributed by atoms with E-state index in [9.17, 15) is 4.79 Å². The van der Waals surface area contributed by atoms with Gasteiger partial charge in [-0.1, -0.05) is 5.16 Å². The van der Waals surface area contributed by atoms with E-state index in [1.54, 1.807) is 57.7 Å². The van der Waals surface area contributed by atoms with Crippen molar-refractivity contribution < 1.29 is 33.0 Å². The van der Waals surface area contributed by atoms with Crippen LogP contribution in [0.4, 0.5) is 0 Å². The van der Waals surface area contributed by atoms with Gasteiger partial charge in [-0.05, 0) is 12.1 Å². The maximum atomic E-state index is 12.5. The fourth-order valence-corrected chi connectivity index (χ4v) is 2.82. The second kappa shape index (κ2) is 10.4. The number of hydrogen-bond donors (Lipinski definition) is 0. The van der Waals surface area contributed by atoms with Crippen LogP contribution in [0.2, 0.25) is 0 Å². The summed E-state index contributed by atoms with van der Waals surface area (Å²) in [5.41, 5.74) is 0.646. The van der Waals surface area contributed by atoms with Crippen LogP contribution >= 0.6 is 0 Å². The van der Waals surface area contributed by atoms with Crippen molar-refractivity contribution in [1.82, 2.24) is 15.0 Å². The Morgan fingerprint density at radius 1 is 0.906 bits per heavy atom. The highest BCUT2D eigenvalue weighted by Gasteiger charge is 2.18. The van der Waals surface area contributed by atoms with Gasteiger partial charge in [0.1, 0.15) is 28.7 Å². The van der Waals surface area contributed by atoms with E-state index in [2.05, 4.69) is 10.1 Å². The lowest BCUT2D eigenvalue weighted by Crippen LogP contribution is -2.31. The SMILES string of the molecule is COc1cc(OC)cc(OCC(=O)N(C)Cc2nc(-c3ccc(OC)cc3OC)no2)c1. The van der Waals surface area contributed by atoms with Crippen LogP contribution in [0.5, 0.6) is 28.7 Å². The quantitative estimate of drug-likeness (QED) is 0.468. The average Bonchev–Trinajstić information content (AvgIpc) is 3.29. The third-order valence-electron chi connectivity index (χ3n) is 4.60. The Morgan fingerprint density at radius 3 is 2.19 bits per heavy atom. The van der Waals surface area contributed by atoms with Gasteiger partial charge in [0.2, 0.25) is 11.7 Å². The first-order chi connectivity index (χ1) is 15.5. The molecule has 0 aliphatic carbocycles. The normalized spacial score (nSPS) is 10.4. The second-order valence-corrected chi connectivity index (χ2v) is 6.66. The van der Waals surface area contributed by atoms with Gasteiger partial charge in [0, 0.05) is 31.3 Å². The number of amides is 1. The van der Waals surface area contributed by atoms with Crippen LogP contribution in [0, 0.1) is 0 Å². The molecule has 10 heteroatoms. The zero-order chi connectivity index (χ0) is 23.1. The fraction of sp³-hybridized carbons (Fsp3) is 0.318. The lowest BCUT2D eigenvalue weighted by Gasteiger charge is -2.16. The number of methoxy groups -OCH3 is 4. The zero-order valence-electron chi connectivity index (χ0n) is 18.6. The topological polar surface area (TPSA) is 105 Å². The summed E-state index contributed by atoms with van der Waals surface area (Å²) in [6, 6.07) is 10.3. The molecule has 1 heterocycles. The molecule has 0 N–H and O–H groups in total. The summed E-state index contributed by atoms with van der Waals surface area (Å²) in [5.74, 6) is 3.12. The van der Waals surface area contributed by atoms with Gasteiger partial charge in [0.25, 0.3) is 5.91 Å². The zero-order valence-corrected chi connectivity index (χ0v) is 18.6.